The molecule has 154 valence electrons. The number of hydrogen-bond acceptors (Lipinski definition) is 3. The number of aromatic nitrogens is 1. The van der Waals surface area contributed by atoms with Crippen molar-refractivity contribution in [3.8, 4) is 0 Å². The fourth-order valence-corrected chi connectivity index (χ4v) is 3.88. The summed E-state index contributed by atoms with van der Waals surface area (Å²) >= 11 is 0. The molecule has 3 aromatic rings. The predicted octanol–water partition coefficient (Wildman–Crippen LogP) is 2.90. The van der Waals surface area contributed by atoms with Crippen molar-refractivity contribution in [3.05, 3.63) is 106 Å². The number of piperazine rings is 1. The summed E-state index contributed by atoms with van der Waals surface area (Å²) < 4.78 is 1.61. The molecule has 4 rings (SSSR count). The summed E-state index contributed by atoms with van der Waals surface area (Å²) in [6.45, 7) is 4.43. The molecular formula is C25H27N3O2. The molecule has 0 atom stereocenters. The standard InChI is InChI=1S/C25H27N3O2/c29-24(23-12-7-14-28(25(23)30)20-22-10-5-2-6-11-22)27-18-16-26(17-19-27)15-13-21-8-3-1-4-9-21/h1-12,14H,13,15-20H2. The van der Waals surface area contributed by atoms with Crippen molar-refractivity contribution in [2.75, 3.05) is 32.7 Å². The van der Waals surface area contributed by atoms with Gasteiger partial charge in [-0.05, 0) is 29.7 Å². The number of carbonyl (C=O) groups excluding carboxylic acids is 1. The minimum absolute atomic E-state index is 0.162. The first-order valence-electron chi connectivity index (χ1n) is 10.5. The van der Waals surface area contributed by atoms with E-state index in [1.807, 2.05) is 41.3 Å². The van der Waals surface area contributed by atoms with Gasteiger partial charge >= 0.3 is 0 Å². The van der Waals surface area contributed by atoms with Crippen molar-refractivity contribution in [1.29, 1.82) is 0 Å². The molecule has 0 aliphatic carbocycles. The SMILES string of the molecule is O=C(c1cccn(Cc2ccccc2)c1=O)N1CCN(CCc2ccccc2)CC1. The van der Waals surface area contributed by atoms with Gasteiger partial charge < -0.3 is 9.47 Å². The zero-order valence-corrected chi connectivity index (χ0v) is 17.1. The van der Waals surface area contributed by atoms with Crippen molar-refractivity contribution in [1.82, 2.24) is 14.4 Å². The third-order valence-corrected chi connectivity index (χ3v) is 5.67. The fourth-order valence-electron chi connectivity index (χ4n) is 3.88. The maximum absolute atomic E-state index is 13.0. The van der Waals surface area contributed by atoms with Crippen LogP contribution >= 0.6 is 0 Å². The molecule has 5 nitrogen and oxygen atoms in total. The number of nitrogens with zero attached hydrogens (tertiary/aromatic N) is 3. The Labute approximate surface area is 177 Å². The van der Waals surface area contributed by atoms with E-state index in [4.69, 9.17) is 0 Å². The van der Waals surface area contributed by atoms with Crippen LogP contribution in [0, 0.1) is 0 Å². The number of rotatable bonds is 6. The van der Waals surface area contributed by atoms with Gasteiger partial charge in [0.25, 0.3) is 11.5 Å². The highest BCUT2D eigenvalue weighted by Gasteiger charge is 2.24. The van der Waals surface area contributed by atoms with Gasteiger partial charge in [-0.2, -0.15) is 0 Å². The monoisotopic (exact) mass is 401 g/mol. The lowest BCUT2D eigenvalue weighted by atomic mass is 10.1. The largest absolute Gasteiger partial charge is 0.336 e. The molecule has 2 heterocycles. The van der Waals surface area contributed by atoms with E-state index in [2.05, 4.69) is 29.2 Å². The third-order valence-electron chi connectivity index (χ3n) is 5.67. The minimum Gasteiger partial charge on any atom is -0.336 e. The van der Waals surface area contributed by atoms with Crippen LogP contribution in [0.15, 0.2) is 83.8 Å². The summed E-state index contributed by atoms with van der Waals surface area (Å²) in [4.78, 5) is 30.1. The Kier molecular flexibility index (Phi) is 6.40. The molecule has 0 bridgehead atoms. The second-order valence-corrected chi connectivity index (χ2v) is 7.71. The van der Waals surface area contributed by atoms with Crippen LogP contribution in [0.5, 0.6) is 0 Å². The average Bonchev–Trinajstić information content (AvgIpc) is 2.80. The van der Waals surface area contributed by atoms with Gasteiger partial charge in [-0.15, -0.1) is 0 Å². The summed E-state index contributed by atoms with van der Waals surface area (Å²) in [5.41, 5.74) is 2.40. The van der Waals surface area contributed by atoms with Crippen molar-refractivity contribution in [2.45, 2.75) is 13.0 Å². The summed E-state index contributed by atoms with van der Waals surface area (Å²) in [6.07, 6.45) is 2.76. The fraction of sp³-hybridized carbons (Fsp3) is 0.280. The number of benzene rings is 2. The zero-order valence-electron chi connectivity index (χ0n) is 17.1. The molecule has 0 radical (unpaired) electrons. The van der Waals surface area contributed by atoms with Crippen LogP contribution in [-0.2, 0) is 13.0 Å². The molecule has 1 aliphatic rings. The smallest absolute Gasteiger partial charge is 0.263 e. The Hall–Kier alpha value is -3.18. The molecule has 0 spiro atoms. The topological polar surface area (TPSA) is 45.6 Å². The van der Waals surface area contributed by atoms with Crippen molar-refractivity contribution >= 4 is 5.91 Å². The maximum atomic E-state index is 13.0. The number of carbonyl (C=O) groups is 1. The van der Waals surface area contributed by atoms with Gasteiger partial charge in [0.15, 0.2) is 0 Å². The van der Waals surface area contributed by atoms with Gasteiger partial charge in [0.05, 0.1) is 6.54 Å². The first kappa shape index (κ1) is 20.1. The van der Waals surface area contributed by atoms with Gasteiger partial charge in [0.2, 0.25) is 0 Å². The molecule has 0 unspecified atom stereocenters. The van der Waals surface area contributed by atoms with Crippen LogP contribution in [0.4, 0.5) is 0 Å². The van der Waals surface area contributed by atoms with E-state index in [0.29, 0.717) is 19.6 Å². The molecule has 5 heteroatoms. The van der Waals surface area contributed by atoms with Crippen molar-refractivity contribution < 1.29 is 4.79 Å². The lowest BCUT2D eigenvalue weighted by molar-refractivity contribution is 0.0636. The lowest BCUT2D eigenvalue weighted by Gasteiger charge is -2.34. The van der Waals surface area contributed by atoms with Gasteiger partial charge in [-0.3, -0.25) is 14.5 Å². The van der Waals surface area contributed by atoms with Crippen LogP contribution in [0.1, 0.15) is 21.5 Å². The zero-order chi connectivity index (χ0) is 20.8. The predicted molar refractivity (Wildman–Crippen MR) is 119 cm³/mol. The first-order valence-corrected chi connectivity index (χ1v) is 10.5. The van der Waals surface area contributed by atoms with E-state index in [-0.39, 0.29) is 17.0 Å². The first-order chi connectivity index (χ1) is 14.7. The number of pyridine rings is 1. The van der Waals surface area contributed by atoms with Crippen LogP contribution in [0.2, 0.25) is 0 Å². The summed E-state index contributed by atoms with van der Waals surface area (Å²) in [5.74, 6) is -0.162. The summed E-state index contributed by atoms with van der Waals surface area (Å²) in [5, 5.41) is 0. The molecule has 1 fully saturated rings. The molecule has 2 aromatic carbocycles. The number of hydrogen-bond donors (Lipinski definition) is 0. The Bertz CT molecular complexity index is 1020. The van der Waals surface area contributed by atoms with Crippen molar-refractivity contribution in [3.63, 3.8) is 0 Å². The Morgan fingerprint density at radius 2 is 1.40 bits per heavy atom. The molecule has 0 saturated carbocycles. The molecule has 30 heavy (non-hydrogen) atoms. The quantitative estimate of drug-likeness (QED) is 0.638. The summed E-state index contributed by atoms with van der Waals surface area (Å²) in [6, 6.07) is 23.7. The van der Waals surface area contributed by atoms with Crippen LogP contribution in [-0.4, -0.2) is 53.0 Å². The molecular weight excluding hydrogens is 374 g/mol. The molecule has 0 N–H and O–H groups in total. The van der Waals surface area contributed by atoms with E-state index in [0.717, 1.165) is 31.6 Å². The average molecular weight is 402 g/mol. The van der Waals surface area contributed by atoms with Gasteiger partial charge in [-0.1, -0.05) is 60.7 Å². The Morgan fingerprint density at radius 1 is 0.767 bits per heavy atom. The van der Waals surface area contributed by atoms with Crippen LogP contribution in [0.25, 0.3) is 0 Å². The van der Waals surface area contributed by atoms with E-state index < -0.39 is 0 Å². The van der Waals surface area contributed by atoms with Crippen LogP contribution in [0.3, 0.4) is 0 Å². The highest BCUT2D eigenvalue weighted by atomic mass is 16.2. The highest BCUT2D eigenvalue weighted by molar-refractivity contribution is 5.93. The van der Waals surface area contributed by atoms with Gasteiger partial charge in [0, 0.05) is 38.9 Å². The third kappa shape index (κ3) is 4.86. The van der Waals surface area contributed by atoms with E-state index in [1.165, 1.54) is 5.56 Å². The second-order valence-electron chi connectivity index (χ2n) is 7.71. The minimum atomic E-state index is -0.224. The van der Waals surface area contributed by atoms with Crippen molar-refractivity contribution in [2.24, 2.45) is 0 Å². The second kappa shape index (κ2) is 9.55. The van der Waals surface area contributed by atoms with Crippen LogP contribution < -0.4 is 5.56 Å². The highest BCUT2D eigenvalue weighted by Crippen LogP contribution is 2.09. The van der Waals surface area contributed by atoms with E-state index in [1.54, 1.807) is 22.9 Å². The van der Waals surface area contributed by atoms with Gasteiger partial charge in [-0.25, -0.2) is 0 Å². The Morgan fingerprint density at radius 3 is 2.07 bits per heavy atom. The molecule has 1 aromatic heterocycles. The maximum Gasteiger partial charge on any atom is 0.263 e. The lowest BCUT2D eigenvalue weighted by Crippen LogP contribution is -2.50. The Balaban J connectivity index is 1.36. The molecule has 1 aliphatic heterocycles. The normalized spacial score (nSPS) is 14.6. The van der Waals surface area contributed by atoms with E-state index >= 15 is 0 Å². The van der Waals surface area contributed by atoms with Gasteiger partial charge in [0.1, 0.15) is 5.56 Å². The van der Waals surface area contributed by atoms with E-state index in [9.17, 15) is 9.59 Å². The molecule has 1 amide bonds. The number of amides is 1. The summed E-state index contributed by atoms with van der Waals surface area (Å²) in [7, 11) is 0. The molecule has 1 saturated heterocycles.